The van der Waals surface area contributed by atoms with Gasteiger partial charge in [-0.15, -0.1) is 0 Å². The molecule has 0 atom stereocenters. The molecule has 3 rings (SSSR count). The number of nitrogens with zero attached hydrogens (tertiary/aromatic N) is 4. The van der Waals surface area contributed by atoms with Gasteiger partial charge in [-0.3, -0.25) is 9.78 Å². The van der Waals surface area contributed by atoms with Crippen molar-refractivity contribution in [2.75, 3.05) is 23.8 Å². The van der Waals surface area contributed by atoms with Gasteiger partial charge in [0.2, 0.25) is 0 Å². The van der Waals surface area contributed by atoms with Crippen molar-refractivity contribution in [3.63, 3.8) is 0 Å². The predicted octanol–water partition coefficient (Wildman–Crippen LogP) is 3.28. The number of para-hydroxylation sites is 1. The summed E-state index contributed by atoms with van der Waals surface area (Å²) in [4.78, 5) is 22.9. The third kappa shape index (κ3) is 4.67. The summed E-state index contributed by atoms with van der Waals surface area (Å²) in [5.74, 6) is 0.439. The average Bonchev–Trinajstić information content (AvgIpc) is 2.73. The monoisotopic (exact) mass is 357 g/mol. The van der Waals surface area contributed by atoms with Crippen LogP contribution in [0.15, 0.2) is 67.1 Å². The van der Waals surface area contributed by atoms with Crippen molar-refractivity contribution in [3.8, 4) is 6.07 Å². The number of amides is 1. The second-order valence-corrected chi connectivity index (χ2v) is 6.04. The second-order valence-electron chi connectivity index (χ2n) is 6.04. The van der Waals surface area contributed by atoms with E-state index in [2.05, 4.69) is 21.4 Å². The van der Waals surface area contributed by atoms with Gasteiger partial charge in [-0.05, 0) is 48.4 Å². The number of aromatic nitrogens is 2. The fourth-order valence-electron chi connectivity index (χ4n) is 2.61. The molecule has 134 valence electrons. The zero-order chi connectivity index (χ0) is 19.1. The van der Waals surface area contributed by atoms with E-state index in [0.717, 1.165) is 13.0 Å². The van der Waals surface area contributed by atoms with Crippen molar-refractivity contribution in [2.45, 2.75) is 6.42 Å². The van der Waals surface area contributed by atoms with E-state index in [1.54, 1.807) is 55.0 Å². The van der Waals surface area contributed by atoms with Gasteiger partial charge >= 0.3 is 0 Å². The van der Waals surface area contributed by atoms with Crippen LogP contribution in [-0.2, 0) is 6.42 Å². The molecule has 0 aliphatic rings. The number of benzene rings is 1. The van der Waals surface area contributed by atoms with Gasteiger partial charge in [0.05, 0.1) is 11.3 Å². The van der Waals surface area contributed by atoms with Crippen LogP contribution in [0, 0.1) is 11.3 Å². The predicted molar refractivity (Wildman–Crippen MR) is 105 cm³/mol. The van der Waals surface area contributed by atoms with Crippen LogP contribution in [0.4, 0.5) is 11.5 Å². The molecule has 27 heavy (non-hydrogen) atoms. The fraction of sp³-hybridized carbons (Fsp3) is 0.143. The third-order valence-electron chi connectivity index (χ3n) is 4.18. The highest BCUT2D eigenvalue weighted by atomic mass is 16.1. The second kappa shape index (κ2) is 8.59. The van der Waals surface area contributed by atoms with E-state index in [1.807, 2.05) is 24.1 Å². The van der Waals surface area contributed by atoms with Crippen LogP contribution in [0.1, 0.15) is 21.5 Å². The van der Waals surface area contributed by atoms with E-state index in [-0.39, 0.29) is 5.91 Å². The van der Waals surface area contributed by atoms with E-state index in [1.165, 1.54) is 5.56 Å². The van der Waals surface area contributed by atoms with Crippen molar-refractivity contribution in [3.05, 3.63) is 83.8 Å². The molecule has 6 heteroatoms. The number of likely N-dealkylation sites (N-methyl/N-ethyl adjacent to an activating group) is 1. The molecule has 1 amide bonds. The Bertz CT molecular complexity index is 966. The van der Waals surface area contributed by atoms with Crippen LogP contribution in [0.2, 0.25) is 0 Å². The molecule has 0 bridgehead atoms. The molecule has 2 aromatic heterocycles. The first-order chi connectivity index (χ1) is 13.2. The van der Waals surface area contributed by atoms with Gasteiger partial charge in [0, 0.05) is 37.7 Å². The average molecular weight is 357 g/mol. The number of nitrogens with one attached hydrogen (secondary N) is 1. The molecule has 0 saturated heterocycles. The first-order valence-corrected chi connectivity index (χ1v) is 8.54. The number of anilines is 2. The molecule has 1 N–H and O–H groups in total. The Morgan fingerprint density at radius 3 is 2.70 bits per heavy atom. The number of pyridine rings is 2. The van der Waals surface area contributed by atoms with E-state index in [0.29, 0.717) is 22.6 Å². The Hall–Kier alpha value is -3.72. The molecule has 0 aliphatic heterocycles. The lowest BCUT2D eigenvalue weighted by Gasteiger charge is -2.18. The SMILES string of the molecule is CN(CCc1ccncc1)c1cc(C(=O)Nc2ccccc2C#N)ccn1. The fourth-order valence-corrected chi connectivity index (χ4v) is 2.61. The lowest BCUT2D eigenvalue weighted by Crippen LogP contribution is -2.22. The summed E-state index contributed by atoms with van der Waals surface area (Å²) in [5, 5.41) is 11.9. The van der Waals surface area contributed by atoms with Crippen LogP contribution in [0.3, 0.4) is 0 Å². The molecule has 0 unspecified atom stereocenters. The van der Waals surface area contributed by atoms with Crippen LogP contribution >= 0.6 is 0 Å². The zero-order valence-corrected chi connectivity index (χ0v) is 15.0. The zero-order valence-electron chi connectivity index (χ0n) is 15.0. The van der Waals surface area contributed by atoms with Gasteiger partial charge < -0.3 is 10.2 Å². The first kappa shape index (κ1) is 18.1. The summed E-state index contributed by atoms with van der Waals surface area (Å²) in [6, 6.07) is 16.4. The third-order valence-corrected chi connectivity index (χ3v) is 4.18. The van der Waals surface area contributed by atoms with Gasteiger partial charge in [-0.25, -0.2) is 4.98 Å². The smallest absolute Gasteiger partial charge is 0.255 e. The van der Waals surface area contributed by atoms with Gasteiger partial charge in [0.25, 0.3) is 5.91 Å². The van der Waals surface area contributed by atoms with Crippen LogP contribution in [0.5, 0.6) is 0 Å². The van der Waals surface area contributed by atoms with Gasteiger partial charge in [0.1, 0.15) is 11.9 Å². The molecule has 2 heterocycles. The minimum absolute atomic E-state index is 0.274. The van der Waals surface area contributed by atoms with Crippen LogP contribution < -0.4 is 10.2 Å². The van der Waals surface area contributed by atoms with Gasteiger partial charge in [-0.1, -0.05) is 12.1 Å². The molecule has 6 nitrogen and oxygen atoms in total. The highest BCUT2D eigenvalue weighted by Crippen LogP contribution is 2.17. The number of hydrogen-bond donors (Lipinski definition) is 1. The number of hydrogen-bond acceptors (Lipinski definition) is 5. The largest absolute Gasteiger partial charge is 0.359 e. The summed E-state index contributed by atoms with van der Waals surface area (Å²) in [7, 11) is 1.94. The first-order valence-electron chi connectivity index (χ1n) is 8.54. The quantitative estimate of drug-likeness (QED) is 0.732. The minimum atomic E-state index is -0.274. The van der Waals surface area contributed by atoms with Crippen molar-refractivity contribution in [1.82, 2.24) is 9.97 Å². The highest BCUT2D eigenvalue weighted by molar-refractivity contribution is 6.05. The number of carbonyl (C=O) groups is 1. The standard InChI is InChI=1S/C21H19N5O/c1-26(13-9-16-6-10-23-11-7-16)20-14-17(8-12-24-20)21(27)25-19-5-3-2-4-18(19)15-22/h2-8,10-12,14H,9,13H2,1H3,(H,25,27). The van der Waals surface area contributed by atoms with Gasteiger partial charge in [-0.2, -0.15) is 5.26 Å². The van der Waals surface area contributed by atoms with E-state index in [9.17, 15) is 4.79 Å². The molecule has 0 spiro atoms. The molecule has 1 aromatic carbocycles. The highest BCUT2D eigenvalue weighted by Gasteiger charge is 2.11. The summed E-state index contributed by atoms with van der Waals surface area (Å²) < 4.78 is 0. The number of carbonyl (C=O) groups excluding carboxylic acids is 1. The maximum atomic E-state index is 12.6. The maximum Gasteiger partial charge on any atom is 0.255 e. The van der Waals surface area contributed by atoms with Crippen molar-refractivity contribution in [1.29, 1.82) is 5.26 Å². The van der Waals surface area contributed by atoms with Crippen molar-refractivity contribution in [2.24, 2.45) is 0 Å². The van der Waals surface area contributed by atoms with Crippen LogP contribution in [0.25, 0.3) is 0 Å². The number of nitriles is 1. The van der Waals surface area contributed by atoms with E-state index < -0.39 is 0 Å². The van der Waals surface area contributed by atoms with Crippen LogP contribution in [-0.4, -0.2) is 29.5 Å². The van der Waals surface area contributed by atoms with E-state index >= 15 is 0 Å². The summed E-state index contributed by atoms with van der Waals surface area (Å²) in [6.45, 7) is 0.763. The lowest BCUT2D eigenvalue weighted by molar-refractivity contribution is 0.102. The molecule has 0 radical (unpaired) electrons. The Kier molecular flexibility index (Phi) is 5.75. The minimum Gasteiger partial charge on any atom is -0.359 e. The normalized spacial score (nSPS) is 10.1. The van der Waals surface area contributed by atoms with Crippen molar-refractivity contribution < 1.29 is 4.79 Å². The Morgan fingerprint density at radius 2 is 1.93 bits per heavy atom. The van der Waals surface area contributed by atoms with Gasteiger partial charge in [0.15, 0.2) is 0 Å². The molecular weight excluding hydrogens is 338 g/mol. The molecule has 0 fully saturated rings. The topological polar surface area (TPSA) is 81.9 Å². The Morgan fingerprint density at radius 1 is 1.15 bits per heavy atom. The van der Waals surface area contributed by atoms with E-state index in [4.69, 9.17) is 5.26 Å². The lowest BCUT2D eigenvalue weighted by atomic mass is 10.1. The summed E-state index contributed by atoms with van der Waals surface area (Å²) in [5.41, 5.74) is 2.60. The molecule has 0 saturated carbocycles. The Balaban J connectivity index is 1.69. The number of rotatable bonds is 6. The molecular formula is C21H19N5O. The Labute approximate surface area is 158 Å². The maximum absolute atomic E-state index is 12.6. The summed E-state index contributed by atoms with van der Waals surface area (Å²) >= 11 is 0. The summed E-state index contributed by atoms with van der Waals surface area (Å²) in [6.07, 6.45) is 6.02. The van der Waals surface area contributed by atoms with Crippen molar-refractivity contribution >= 4 is 17.4 Å². The molecule has 0 aliphatic carbocycles. The molecule has 3 aromatic rings.